The van der Waals surface area contributed by atoms with Crippen LogP contribution in [0.3, 0.4) is 0 Å². The maximum Gasteiger partial charge on any atom is 0.0933 e. The van der Waals surface area contributed by atoms with Gasteiger partial charge in [-0.25, -0.2) is 0 Å². The van der Waals surface area contributed by atoms with Gasteiger partial charge < -0.3 is 15.2 Å². The Kier molecular flexibility index (Phi) is 17.0. The van der Waals surface area contributed by atoms with Gasteiger partial charge in [0.25, 0.3) is 0 Å². The van der Waals surface area contributed by atoms with E-state index in [1.54, 1.807) is 0 Å². The molecule has 0 aliphatic rings. The second-order valence-electron chi connectivity index (χ2n) is 9.68. The fourth-order valence-electron chi connectivity index (χ4n) is 4.23. The first-order valence-electron chi connectivity index (χ1n) is 14.0. The molecule has 3 nitrogen and oxygen atoms in total. The minimum atomic E-state index is -0.198. The molecule has 35 heavy (non-hydrogen) atoms. The molecule has 0 amide bonds. The predicted molar refractivity (Wildman–Crippen MR) is 149 cm³/mol. The van der Waals surface area contributed by atoms with Crippen LogP contribution in [0.4, 0.5) is 0 Å². The first-order valence-corrected chi connectivity index (χ1v) is 14.0. The van der Waals surface area contributed by atoms with Crippen molar-refractivity contribution in [2.75, 3.05) is 6.61 Å². The monoisotopic (exact) mass is 479 g/mol. The summed E-state index contributed by atoms with van der Waals surface area (Å²) in [5, 5.41) is 0. The maximum atomic E-state index is 6.49. The molecule has 2 aromatic carbocycles. The van der Waals surface area contributed by atoms with Gasteiger partial charge in [-0.3, -0.25) is 0 Å². The van der Waals surface area contributed by atoms with Gasteiger partial charge in [0.1, 0.15) is 0 Å². The standard InChI is InChI=1S/C32H49NO2/c1-2-3-4-5-6-7-8-9-10-11-12-13-20-25-32(35-27-30-23-18-15-19-24-30)31(33)28-34-26-29-21-16-14-17-22-29/h14-25,31-32H,2-13,26-28,33H2,1H3/b25-20+/t31-,32-/m0/s1. The van der Waals surface area contributed by atoms with Crippen LogP contribution in [0.15, 0.2) is 72.8 Å². The van der Waals surface area contributed by atoms with E-state index in [9.17, 15) is 0 Å². The fourth-order valence-corrected chi connectivity index (χ4v) is 4.23. The Hall–Kier alpha value is -1.94. The van der Waals surface area contributed by atoms with Gasteiger partial charge >= 0.3 is 0 Å². The molecule has 0 aliphatic carbocycles. The van der Waals surface area contributed by atoms with Gasteiger partial charge in [-0.1, -0.05) is 144 Å². The normalized spacial score (nSPS) is 13.3. The number of rotatable bonds is 21. The Balaban J connectivity index is 1.65. The third kappa shape index (κ3) is 14.9. The lowest BCUT2D eigenvalue weighted by atomic mass is 10.0. The Morgan fingerprint density at radius 1 is 0.686 bits per heavy atom. The van der Waals surface area contributed by atoms with E-state index in [0.717, 1.165) is 17.5 Å². The molecular formula is C32H49NO2. The van der Waals surface area contributed by atoms with Gasteiger partial charge in [-0.2, -0.15) is 0 Å². The highest BCUT2D eigenvalue weighted by atomic mass is 16.5. The van der Waals surface area contributed by atoms with E-state index < -0.39 is 0 Å². The number of nitrogens with two attached hydrogens (primary N) is 1. The number of allylic oxidation sites excluding steroid dienone is 1. The molecule has 0 aliphatic heterocycles. The molecular weight excluding hydrogens is 430 g/mol. The average Bonchev–Trinajstić information content (AvgIpc) is 2.89. The smallest absolute Gasteiger partial charge is 0.0933 e. The van der Waals surface area contributed by atoms with Gasteiger partial charge in [0.05, 0.1) is 32.0 Å². The number of benzene rings is 2. The van der Waals surface area contributed by atoms with Crippen molar-refractivity contribution in [3.05, 3.63) is 83.9 Å². The Morgan fingerprint density at radius 3 is 1.77 bits per heavy atom. The van der Waals surface area contributed by atoms with Crippen LogP contribution in [0.5, 0.6) is 0 Å². The van der Waals surface area contributed by atoms with Crippen molar-refractivity contribution >= 4 is 0 Å². The summed E-state index contributed by atoms with van der Waals surface area (Å²) in [5.74, 6) is 0. The highest BCUT2D eigenvalue weighted by Crippen LogP contribution is 2.13. The summed E-state index contributed by atoms with van der Waals surface area (Å²) in [4.78, 5) is 0. The van der Waals surface area contributed by atoms with Gasteiger partial charge in [0.15, 0.2) is 0 Å². The lowest BCUT2D eigenvalue weighted by Crippen LogP contribution is -2.39. The van der Waals surface area contributed by atoms with Crippen molar-refractivity contribution < 1.29 is 9.47 Å². The van der Waals surface area contributed by atoms with Crippen molar-refractivity contribution in [2.45, 2.75) is 109 Å². The maximum absolute atomic E-state index is 6.49. The minimum Gasteiger partial charge on any atom is -0.375 e. The lowest BCUT2D eigenvalue weighted by molar-refractivity contribution is 0.0184. The van der Waals surface area contributed by atoms with Crippen LogP contribution >= 0.6 is 0 Å². The van der Waals surface area contributed by atoms with Gasteiger partial charge in [-0.05, 0) is 24.0 Å². The van der Waals surface area contributed by atoms with Crippen molar-refractivity contribution in [3.8, 4) is 0 Å². The fraction of sp³-hybridized carbons (Fsp3) is 0.562. The molecule has 2 atom stereocenters. The summed E-state index contributed by atoms with van der Waals surface area (Å²) >= 11 is 0. The summed E-state index contributed by atoms with van der Waals surface area (Å²) in [6.07, 6.45) is 20.4. The van der Waals surface area contributed by atoms with Crippen LogP contribution in [0, 0.1) is 0 Å². The first kappa shape index (κ1) is 29.3. The van der Waals surface area contributed by atoms with Gasteiger partial charge in [0, 0.05) is 0 Å². The zero-order valence-electron chi connectivity index (χ0n) is 22.1. The highest BCUT2D eigenvalue weighted by Gasteiger charge is 2.16. The lowest BCUT2D eigenvalue weighted by Gasteiger charge is -2.22. The van der Waals surface area contributed by atoms with E-state index in [1.165, 1.54) is 70.6 Å². The van der Waals surface area contributed by atoms with E-state index >= 15 is 0 Å². The summed E-state index contributed by atoms with van der Waals surface area (Å²) < 4.78 is 12.1. The van der Waals surface area contributed by atoms with Crippen LogP contribution in [-0.2, 0) is 22.7 Å². The van der Waals surface area contributed by atoms with Crippen molar-refractivity contribution in [3.63, 3.8) is 0 Å². The quantitative estimate of drug-likeness (QED) is 0.144. The van der Waals surface area contributed by atoms with Crippen LogP contribution in [0.25, 0.3) is 0 Å². The van der Waals surface area contributed by atoms with E-state index in [4.69, 9.17) is 15.2 Å². The summed E-state index contributed by atoms with van der Waals surface area (Å²) in [7, 11) is 0. The first-order chi connectivity index (χ1) is 17.3. The molecule has 0 aromatic heterocycles. The molecule has 2 N–H and O–H groups in total. The molecule has 0 fully saturated rings. The molecule has 0 unspecified atom stereocenters. The topological polar surface area (TPSA) is 44.5 Å². The molecule has 0 bridgehead atoms. The Morgan fingerprint density at radius 2 is 1.20 bits per heavy atom. The molecule has 194 valence electrons. The zero-order chi connectivity index (χ0) is 24.8. The number of hydrogen-bond donors (Lipinski definition) is 1. The molecule has 0 saturated heterocycles. The third-order valence-corrected chi connectivity index (χ3v) is 6.43. The molecule has 0 heterocycles. The summed E-state index contributed by atoms with van der Waals surface area (Å²) in [5.41, 5.74) is 8.81. The van der Waals surface area contributed by atoms with E-state index in [1.807, 2.05) is 36.4 Å². The summed E-state index contributed by atoms with van der Waals surface area (Å²) in [6, 6.07) is 20.3. The van der Waals surface area contributed by atoms with E-state index in [2.05, 4.69) is 43.3 Å². The van der Waals surface area contributed by atoms with E-state index in [0.29, 0.717) is 19.8 Å². The van der Waals surface area contributed by atoms with Crippen molar-refractivity contribution in [1.29, 1.82) is 0 Å². The molecule has 0 spiro atoms. The SMILES string of the molecule is CCCCCCCCCCCCC/C=C/[C@H](OCc1ccccc1)[C@@H](N)COCc1ccccc1. The second-order valence-corrected chi connectivity index (χ2v) is 9.68. The average molecular weight is 480 g/mol. The Bertz CT molecular complexity index is 747. The van der Waals surface area contributed by atoms with Crippen molar-refractivity contribution in [2.24, 2.45) is 5.73 Å². The third-order valence-electron chi connectivity index (χ3n) is 6.43. The van der Waals surface area contributed by atoms with E-state index in [-0.39, 0.29) is 12.1 Å². The Labute approximate surface area is 215 Å². The predicted octanol–water partition coefficient (Wildman–Crippen LogP) is 8.37. The van der Waals surface area contributed by atoms with Gasteiger partial charge in [-0.15, -0.1) is 0 Å². The van der Waals surface area contributed by atoms with Gasteiger partial charge in [0.2, 0.25) is 0 Å². The summed E-state index contributed by atoms with van der Waals surface area (Å²) in [6.45, 7) is 3.88. The van der Waals surface area contributed by atoms with Crippen LogP contribution in [-0.4, -0.2) is 18.8 Å². The molecule has 2 aromatic rings. The molecule has 2 rings (SSSR count). The van der Waals surface area contributed by atoms with Crippen molar-refractivity contribution in [1.82, 2.24) is 0 Å². The largest absolute Gasteiger partial charge is 0.375 e. The highest BCUT2D eigenvalue weighted by molar-refractivity contribution is 5.14. The molecule has 0 radical (unpaired) electrons. The number of unbranched alkanes of at least 4 members (excludes halogenated alkanes) is 11. The van der Waals surface area contributed by atoms with Crippen LogP contribution < -0.4 is 5.73 Å². The number of ether oxygens (including phenoxy) is 2. The molecule has 0 saturated carbocycles. The molecule has 3 heteroatoms. The van der Waals surface area contributed by atoms with Crippen LogP contribution in [0.1, 0.15) is 95.1 Å². The zero-order valence-corrected chi connectivity index (χ0v) is 22.1. The number of hydrogen-bond acceptors (Lipinski definition) is 3. The second kappa shape index (κ2) is 20.3. The minimum absolute atomic E-state index is 0.154. The van der Waals surface area contributed by atoms with Crippen LogP contribution in [0.2, 0.25) is 0 Å².